The third kappa shape index (κ3) is 4.01. The predicted octanol–water partition coefficient (Wildman–Crippen LogP) is 3.03. The Bertz CT molecular complexity index is 836. The van der Waals surface area contributed by atoms with Gasteiger partial charge in [-0.2, -0.15) is 5.10 Å². The maximum Gasteiger partial charge on any atom is 0.276 e. The lowest BCUT2D eigenvalue weighted by Crippen LogP contribution is -2.18. The molecule has 0 bridgehead atoms. The fourth-order valence-electron chi connectivity index (χ4n) is 1.92. The second-order valence-electron chi connectivity index (χ2n) is 4.75. The lowest BCUT2D eigenvalue weighted by atomic mass is 10.2. The molecule has 1 N–H and O–H groups in total. The van der Waals surface area contributed by atoms with E-state index in [1.807, 2.05) is 18.2 Å². The van der Waals surface area contributed by atoms with E-state index in [4.69, 9.17) is 4.74 Å². The van der Waals surface area contributed by atoms with Crippen LogP contribution in [0.5, 0.6) is 11.6 Å². The number of hydrogen-bond donors (Lipinski definition) is 1. The molecule has 0 atom stereocenters. The van der Waals surface area contributed by atoms with E-state index >= 15 is 0 Å². The SMILES string of the molecule is O=C(NN=Cc1ccncc1)c1cccnc1Oc1ccccc1. The standard InChI is InChI=1S/C18H14N4O2/c23-17(22-21-13-14-8-11-19-12-9-14)16-7-4-10-20-18(16)24-15-5-2-1-3-6-15/h1-13H,(H,22,23). The van der Waals surface area contributed by atoms with E-state index in [1.165, 1.54) is 6.21 Å². The molecule has 0 radical (unpaired) electrons. The van der Waals surface area contributed by atoms with Gasteiger partial charge in [0.1, 0.15) is 11.3 Å². The molecule has 0 unspecified atom stereocenters. The van der Waals surface area contributed by atoms with E-state index in [-0.39, 0.29) is 5.88 Å². The molecule has 2 aromatic heterocycles. The third-order valence-corrected chi connectivity index (χ3v) is 3.06. The Morgan fingerprint density at radius 1 is 1.00 bits per heavy atom. The van der Waals surface area contributed by atoms with Crippen molar-refractivity contribution in [3.05, 3.63) is 84.3 Å². The van der Waals surface area contributed by atoms with Gasteiger partial charge in [0, 0.05) is 18.6 Å². The van der Waals surface area contributed by atoms with Gasteiger partial charge in [0.25, 0.3) is 5.91 Å². The summed E-state index contributed by atoms with van der Waals surface area (Å²) in [4.78, 5) is 20.3. The Labute approximate surface area is 138 Å². The molecule has 0 fully saturated rings. The quantitative estimate of drug-likeness (QED) is 0.579. The summed E-state index contributed by atoms with van der Waals surface area (Å²) < 4.78 is 5.66. The number of hydrazone groups is 1. The van der Waals surface area contributed by atoms with Crippen molar-refractivity contribution in [2.24, 2.45) is 5.10 Å². The molecule has 118 valence electrons. The highest BCUT2D eigenvalue weighted by Crippen LogP contribution is 2.22. The Morgan fingerprint density at radius 3 is 2.58 bits per heavy atom. The zero-order chi connectivity index (χ0) is 16.6. The molecule has 0 saturated carbocycles. The number of carbonyl (C=O) groups is 1. The van der Waals surface area contributed by atoms with Gasteiger partial charge >= 0.3 is 0 Å². The fraction of sp³-hybridized carbons (Fsp3) is 0. The summed E-state index contributed by atoms with van der Waals surface area (Å²) in [5, 5.41) is 3.93. The molecule has 24 heavy (non-hydrogen) atoms. The van der Waals surface area contributed by atoms with Gasteiger partial charge in [-0.05, 0) is 42.0 Å². The number of rotatable bonds is 5. The molecule has 0 aliphatic heterocycles. The van der Waals surface area contributed by atoms with Crippen molar-refractivity contribution in [2.45, 2.75) is 0 Å². The monoisotopic (exact) mass is 318 g/mol. The molecular formula is C18H14N4O2. The minimum Gasteiger partial charge on any atom is -0.438 e. The Kier molecular flexibility index (Phi) is 4.89. The first-order valence-electron chi connectivity index (χ1n) is 7.24. The molecule has 0 aliphatic carbocycles. The molecule has 6 nitrogen and oxygen atoms in total. The summed E-state index contributed by atoms with van der Waals surface area (Å²) in [6, 6.07) is 16.0. The lowest BCUT2D eigenvalue weighted by molar-refractivity contribution is 0.0952. The molecule has 0 spiro atoms. The Morgan fingerprint density at radius 2 is 1.79 bits per heavy atom. The number of para-hydroxylation sites is 1. The van der Waals surface area contributed by atoms with Crippen molar-refractivity contribution in [3.63, 3.8) is 0 Å². The molecule has 2 heterocycles. The van der Waals surface area contributed by atoms with E-state index < -0.39 is 5.91 Å². The first-order chi connectivity index (χ1) is 11.8. The van der Waals surface area contributed by atoms with Crippen LogP contribution >= 0.6 is 0 Å². The summed E-state index contributed by atoms with van der Waals surface area (Å²) in [5.74, 6) is 0.421. The lowest BCUT2D eigenvalue weighted by Gasteiger charge is -2.08. The largest absolute Gasteiger partial charge is 0.438 e. The minimum absolute atomic E-state index is 0.223. The van der Waals surface area contributed by atoms with Crippen LogP contribution in [0, 0.1) is 0 Å². The van der Waals surface area contributed by atoms with E-state index in [1.54, 1.807) is 55.0 Å². The molecule has 3 aromatic rings. The van der Waals surface area contributed by atoms with Crippen LogP contribution in [0.15, 0.2) is 78.3 Å². The van der Waals surface area contributed by atoms with Gasteiger partial charge < -0.3 is 4.74 Å². The summed E-state index contributed by atoms with van der Waals surface area (Å²) in [7, 11) is 0. The van der Waals surface area contributed by atoms with Crippen LogP contribution < -0.4 is 10.2 Å². The number of aromatic nitrogens is 2. The third-order valence-electron chi connectivity index (χ3n) is 3.06. The van der Waals surface area contributed by atoms with Crippen molar-refractivity contribution >= 4 is 12.1 Å². The number of nitrogens with one attached hydrogen (secondary N) is 1. The molecule has 1 aromatic carbocycles. The number of nitrogens with zero attached hydrogens (tertiary/aromatic N) is 3. The van der Waals surface area contributed by atoms with Crippen LogP contribution in [0.3, 0.4) is 0 Å². The molecule has 3 rings (SSSR count). The van der Waals surface area contributed by atoms with E-state index in [2.05, 4.69) is 20.5 Å². The highest BCUT2D eigenvalue weighted by molar-refractivity contribution is 5.96. The van der Waals surface area contributed by atoms with E-state index in [9.17, 15) is 4.79 Å². The zero-order valence-corrected chi connectivity index (χ0v) is 12.7. The average Bonchev–Trinajstić information content (AvgIpc) is 2.64. The Hall–Kier alpha value is -3.54. The van der Waals surface area contributed by atoms with Crippen molar-refractivity contribution < 1.29 is 9.53 Å². The second kappa shape index (κ2) is 7.64. The van der Waals surface area contributed by atoms with E-state index in [0.717, 1.165) is 5.56 Å². The molecule has 6 heteroatoms. The number of amides is 1. The molecule has 0 saturated heterocycles. The number of hydrogen-bond acceptors (Lipinski definition) is 5. The average molecular weight is 318 g/mol. The van der Waals surface area contributed by atoms with Crippen LogP contribution in [-0.2, 0) is 0 Å². The highest BCUT2D eigenvalue weighted by atomic mass is 16.5. The van der Waals surface area contributed by atoms with Crippen molar-refractivity contribution in [1.82, 2.24) is 15.4 Å². The van der Waals surface area contributed by atoms with Gasteiger partial charge in [0.15, 0.2) is 0 Å². The van der Waals surface area contributed by atoms with Gasteiger partial charge in [0.05, 0.1) is 6.21 Å². The van der Waals surface area contributed by atoms with Crippen LogP contribution in [0.4, 0.5) is 0 Å². The van der Waals surface area contributed by atoms with Crippen LogP contribution in [-0.4, -0.2) is 22.1 Å². The van der Waals surface area contributed by atoms with Gasteiger partial charge in [-0.25, -0.2) is 10.4 Å². The van der Waals surface area contributed by atoms with Gasteiger partial charge in [-0.3, -0.25) is 9.78 Å². The summed E-state index contributed by atoms with van der Waals surface area (Å²) in [5.41, 5.74) is 3.59. The van der Waals surface area contributed by atoms with Crippen molar-refractivity contribution in [2.75, 3.05) is 0 Å². The molecular weight excluding hydrogens is 304 g/mol. The number of pyridine rings is 2. The Balaban J connectivity index is 1.72. The smallest absolute Gasteiger partial charge is 0.276 e. The summed E-state index contributed by atoms with van der Waals surface area (Å²) in [6.45, 7) is 0. The van der Waals surface area contributed by atoms with Gasteiger partial charge in [0.2, 0.25) is 5.88 Å². The summed E-state index contributed by atoms with van der Waals surface area (Å²) >= 11 is 0. The fourth-order valence-corrected chi connectivity index (χ4v) is 1.92. The second-order valence-corrected chi connectivity index (χ2v) is 4.75. The first-order valence-corrected chi connectivity index (χ1v) is 7.24. The van der Waals surface area contributed by atoms with Crippen LogP contribution in [0.25, 0.3) is 0 Å². The number of ether oxygens (including phenoxy) is 1. The van der Waals surface area contributed by atoms with E-state index in [0.29, 0.717) is 11.3 Å². The predicted molar refractivity (Wildman–Crippen MR) is 90.1 cm³/mol. The number of benzene rings is 1. The molecule has 1 amide bonds. The zero-order valence-electron chi connectivity index (χ0n) is 12.7. The maximum atomic E-state index is 12.3. The maximum absolute atomic E-state index is 12.3. The van der Waals surface area contributed by atoms with Gasteiger partial charge in [-0.1, -0.05) is 18.2 Å². The summed E-state index contributed by atoms with van der Waals surface area (Å²) in [6.07, 6.45) is 6.40. The van der Waals surface area contributed by atoms with Crippen LogP contribution in [0.2, 0.25) is 0 Å². The van der Waals surface area contributed by atoms with Crippen molar-refractivity contribution in [3.8, 4) is 11.6 Å². The van der Waals surface area contributed by atoms with Crippen LogP contribution in [0.1, 0.15) is 15.9 Å². The molecule has 0 aliphatic rings. The first kappa shape index (κ1) is 15.4. The van der Waals surface area contributed by atoms with Crippen molar-refractivity contribution in [1.29, 1.82) is 0 Å². The normalized spacial score (nSPS) is 10.5. The highest BCUT2D eigenvalue weighted by Gasteiger charge is 2.13. The topological polar surface area (TPSA) is 76.5 Å². The van der Waals surface area contributed by atoms with Gasteiger partial charge in [-0.15, -0.1) is 0 Å². The number of carbonyl (C=O) groups excluding carboxylic acids is 1. The minimum atomic E-state index is -0.403.